The van der Waals surface area contributed by atoms with Crippen LogP contribution in [0.15, 0.2) is 0 Å². The summed E-state index contributed by atoms with van der Waals surface area (Å²) < 4.78 is 0. The van der Waals surface area contributed by atoms with Crippen molar-refractivity contribution in [1.29, 1.82) is 0 Å². The average molecular weight is 215 g/mol. The molecule has 90 valence electrons. The third-order valence-electron chi connectivity index (χ3n) is 2.52. The van der Waals surface area contributed by atoms with Crippen LogP contribution in [0.25, 0.3) is 0 Å². The van der Waals surface area contributed by atoms with Crippen molar-refractivity contribution in [3.63, 3.8) is 0 Å². The highest BCUT2D eigenvalue weighted by Crippen LogP contribution is 1.92. The number of carbonyl (C=O) groups excluding carboxylic acids is 1. The molecule has 0 rings (SSSR count). The molecule has 0 bridgehead atoms. The number of nitrogens with one attached hydrogen (secondary N) is 1. The first kappa shape index (κ1) is 14.4. The first-order valence-electron chi connectivity index (χ1n) is 5.85. The van der Waals surface area contributed by atoms with Gasteiger partial charge in [0.25, 0.3) is 0 Å². The molecule has 1 amide bonds. The van der Waals surface area contributed by atoms with Crippen molar-refractivity contribution in [2.24, 2.45) is 11.7 Å². The van der Waals surface area contributed by atoms with E-state index >= 15 is 0 Å². The number of likely N-dealkylation sites (N-methyl/N-ethyl adjacent to an activating group) is 1. The van der Waals surface area contributed by atoms with E-state index in [1.807, 2.05) is 6.92 Å². The van der Waals surface area contributed by atoms with Crippen molar-refractivity contribution in [2.75, 3.05) is 32.7 Å². The summed E-state index contributed by atoms with van der Waals surface area (Å²) in [6.07, 6.45) is 1.15. The van der Waals surface area contributed by atoms with E-state index < -0.39 is 0 Å². The van der Waals surface area contributed by atoms with Gasteiger partial charge in [-0.15, -0.1) is 0 Å². The summed E-state index contributed by atoms with van der Waals surface area (Å²) in [5.41, 5.74) is 5.41. The Labute approximate surface area is 93.2 Å². The molecule has 0 heterocycles. The summed E-state index contributed by atoms with van der Waals surface area (Å²) in [7, 11) is 0. The minimum Gasteiger partial charge on any atom is -0.355 e. The van der Waals surface area contributed by atoms with Crippen LogP contribution in [0, 0.1) is 5.92 Å². The van der Waals surface area contributed by atoms with Crippen LogP contribution in [0.5, 0.6) is 0 Å². The van der Waals surface area contributed by atoms with E-state index in [4.69, 9.17) is 5.73 Å². The second-order valence-corrected chi connectivity index (χ2v) is 3.86. The Balaban J connectivity index is 3.63. The van der Waals surface area contributed by atoms with E-state index in [1.54, 1.807) is 0 Å². The van der Waals surface area contributed by atoms with Crippen LogP contribution in [0.2, 0.25) is 0 Å². The average Bonchev–Trinajstić information content (AvgIpc) is 2.26. The lowest BCUT2D eigenvalue weighted by Gasteiger charge is -2.20. The van der Waals surface area contributed by atoms with Crippen LogP contribution in [0.1, 0.15) is 27.2 Å². The highest BCUT2D eigenvalue weighted by Gasteiger charge is 2.09. The van der Waals surface area contributed by atoms with Crippen molar-refractivity contribution in [3.8, 4) is 0 Å². The Morgan fingerprint density at radius 1 is 1.40 bits per heavy atom. The lowest BCUT2D eigenvalue weighted by Crippen LogP contribution is -2.39. The fraction of sp³-hybridized carbons (Fsp3) is 0.909. The summed E-state index contributed by atoms with van der Waals surface area (Å²) in [6.45, 7) is 10.3. The summed E-state index contributed by atoms with van der Waals surface area (Å²) in [5, 5.41) is 2.90. The predicted molar refractivity (Wildman–Crippen MR) is 63.6 cm³/mol. The molecule has 0 radical (unpaired) electrons. The largest absolute Gasteiger partial charge is 0.355 e. The molecule has 0 fully saturated rings. The minimum atomic E-state index is -0.0775. The Morgan fingerprint density at radius 2 is 2.07 bits per heavy atom. The highest BCUT2D eigenvalue weighted by molar-refractivity contribution is 5.78. The van der Waals surface area contributed by atoms with Gasteiger partial charge >= 0.3 is 0 Å². The quantitative estimate of drug-likeness (QED) is 0.617. The molecular formula is C11H25N3O. The number of rotatable bonds is 8. The van der Waals surface area contributed by atoms with Gasteiger partial charge in [-0.05, 0) is 19.5 Å². The van der Waals surface area contributed by atoms with Crippen LogP contribution in [0.3, 0.4) is 0 Å². The van der Waals surface area contributed by atoms with Gasteiger partial charge in [-0.2, -0.15) is 0 Å². The maximum Gasteiger partial charge on any atom is 0.224 e. The Morgan fingerprint density at radius 3 is 2.53 bits per heavy atom. The van der Waals surface area contributed by atoms with Gasteiger partial charge in [0.05, 0.1) is 0 Å². The van der Waals surface area contributed by atoms with E-state index in [1.165, 1.54) is 0 Å². The molecule has 0 aliphatic rings. The number of hydrogen-bond acceptors (Lipinski definition) is 3. The third kappa shape index (κ3) is 6.47. The zero-order valence-corrected chi connectivity index (χ0v) is 10.3. The number of carbonyl (C=O) groups is 1. The van der Waals surface area contributed by atoms with Gasteiger partial charge < -0.3 is 16.0 Å². The van der Waals surface area contributed by atoms with E-state index in [9.17, 15) is 4.79 Å². The van der Waals surface area contributed by atoms with Crippen molar-refractivity contribution < 1.29 is 4.79 Å². The standard InChI is InChI=1S/C11H25N3O/c1-4-7-14(5-2)8-6-13-11(15)10(3)9-12/h10H,4-9,12H2,1-3H3,(H,13,15). The number of hydrogen-bond donors (Lipinski definition) is 2. The van der Waals surface area contributed by atoms with Crippen molar-refractivity contribution in [1.82, 2.24) is 10.2 Å². The van der Waals surface area contributed by atoms with Gasteiger partial charge in [0, 0.05) is 25.6 Å². The molecule has 4 nitrogen and oxygen atoms in total. The molecule has 0 aromatic heterocycles. The van der Waals surface area contributed by atoms with Crippen LogP contribution < -0.4 is 11.1 Å². The van der Waals surface area contributed by atoms with E-state index in [2.05, 4.69) is 24.1 Å². The van der Waals surface area contributed by atoms with Gasteiger partial charge in [0.15, 0.2) is 0 Å². The Kier molecular flexibility index (Phi) is 8.33. The van der Waals surface area contributed by atoms with Crippen molar-refractivity contribution >= 4 is 5.91 Å². The maximum absolute atomic E-state index is 11.4. The molecule has 0 aromatic carbocycles. The summed E-state index contributed by atoms with van der Waals surface area (Å²) in [6, 6.07) is 0. The van der Waals surface area contributed by atoms with Crippen LogP contribution in [0.4, 0.5) is 0 Å². The topological polar surface area (TPSA) is 58.4 Å². The second-order valence-electron chi connectivity index (χ2n) is 3.86. The lowest BCUT2D eigenvalue weighted by molar-refractivity contribution is -0.124. The molecule has 1 unspecified atom stereocenters. The smallest absolute Gasteiger partial charge is 0.224 e. The molecule has 0 aliphatic heterocycles. The molecule has 1 atom stereocenters. The minimum absolute atomic E-state index is 0.0602. The number of nitrogens with two attached hydrogens (primary N) is 1. The molecule has 0 saturated heterocycles. The summed E-state index contributed by atoms with van der Waals surface area (Å²) >= 11 is 0. The molecular weight excluding hydrogens is 190 g/mol. The molecule has 0 aliphatic carbocycles. The highest BCUT2D eigenvalue weighted by atomic mass is 16.1. The van der Waals surface area contributed by atoms with Crippen LogP contribution >= 0.6 is 0 Å². The van der Waals surface area contributed by atoms with E-state index in [0.717, 1.165) is 32.6 Å². The van der Waals surface area contributed by atoms with Gasteiger partial charge in [-0.25, -0.2) is 0 Å². The summed E-state index contributed by atoms with van der Waals surface area (Å²) in [5.74, 6) is -0.0173. The predicted octanol–water partition coefficient (Wildman–Crippen LogP) is 0.429. The molecule has 4 heteroatoms. The molecule has 0 spiro atoms. The molecule has 0 saturated carbocycles. The normalized spacial score (nSPS) is 12.9. The van der Waals surface area contributed by atoms with Gasteiger partial charge in [0.2, 0.25) is 5.91 Å². The molecule has 3 N–H and O–H groups in total. The summed E-state index contributed by atoms with van der Waals surface area (Å²) in [4.78, 5) is 13.7. The lowest BCUT2D eigenvalue weighted by atomic mass is 10.2. The Bertz CT molecular complexity index is 173. The van der Waals surface area contributed by atoms with E-state index in [-0.39, 0.29) is 11.8 Å². The number of nitrogens with zero attached hydrogens (tertiary/aromatic N) is 1. The fourth-order valence-corrected chi connectivity index (χ4v) is 1.36. The van der Waals surface area contributed by atoms with E-state index in [0.29, 0.717) is 6.54 Å². The molecule has 15 heavy (non-hydrogen) atoms. The fourth-order valence-electron chi connectivity index (χ4n) is 1.36. The monoisotopic (exact) mass is 215 g/mol. The number of amides is 1. The second kappa shape index (κ2) is 8.68. The van der Waals surface area contributed by atoms with Gasteiger partial charge in [0.1, 0.15) is 0 Å². The van der Waals surface area contributed by atoms with Crippen LogP contribution in [-0.4, -0.2) is 43.5 Å². The van der Waals surface area contributed by atoms with Crippen molar-refractivity contribution in [3.05, 3.63) is 0 Å². The van der Waals surface area contributed by atoms with Crippen LogP contribution in [-0.2, 0) is 4.79 Å². The Hall–Kier alpha value is -0.610. The SMILES string of the molecule is CCCN(CC)CCNC(=O)C(C)CN. The first-order chi connectivity index (χ1) is 7.15. The van der Waals surface area contributed by atoms with Gasteiger partial charge in [-0.3, -0.25) is 4.79 Å². The van der Waals surface area contributed by atoms with Crippen molar-refractivity contribution in [2.45, 2.75) is 27.2 Å². The van der Waals surface area contributed by atoms with Gasteiger partial charge in [-0.1, -0.05) is 20.8 Å². The maximum atomic E-state index is 11.4. The molecule has 0 aromatic rings. The zero-order valence-electron chi connectivity index (χ0n) is 10.3. The zero-order chi connectivity index (χ0) is 11.7. The third-order valence-corrected chi connectivity index (χ3v) is 2.52. The first-order valence-corrected chi connectivity index (χ1v) is 5.85.